The first kappa shape index (κ1) is 22.6. The Hall–Kier alpha value is -3.55. The summed E-state index contributed by atoms with van der Waals surface area (Å²) in [6.07, 6.45) is 1.87. The second-order valence-corrected chi connectivity index (χ2v) is 8.62. The van der Waals surface area contributed by atoms with E-state index in [2.05, 4.69) is 52.3 Å². The summed E-state index contributed by atoms with van der Waals surface area (Å²) < 4.78 is 12.8. The highest BCUT2D eigenvalue weighted by atomic mass is 79.9. The molecule has 0 amide bonds. The summed E-state index contributed by atoms with van der Waals surface area (Å²) in [6.45, 7) is 4.90. The molecule has 0 fully saturated rings. The largest absolute Gasteiger partial charge is 0.490 e. The normalized spacial score (nSPS) is 11.3. The van der Waals surface area contributed by atoms with Gasteiger partial charge in [0.1, 0.15) is 6.61 Å². The van der Waals surface area contributed by atoms with E-state index in [1.807, 2.05) is 68.5 Å². The predicted octanol–water partition coefficient (Wildman–Crippen LogP) is 7.95. The van der Waals surface area contributed by atoms with Crippen LogP contribution in [0.15, 0.2) is 83.3 Å². The molecule has 0 spiro atoms. The van der Waals surface area contributed by atoms with E-state index in [0.717, 1.165) is 26.7 Å². The first-order valence-corrected chi connectivity index (χ1v) is 11.6. The zero-order valence-electron chi connectivity index (χ0n) is 18.6. The minimum absolute atomic E-state index is 0.422. The Labute approximate surface area is 203 Å². The van der Waals surface area contributed by atoms with Crippen LogP contribution in [0.4, 0.5) is 0 Å². The molecule has 0 saturated heterocycles. The second kappa shape index (κ2) is 10.4. The van der Waals surface area contributed by atoms with Gasteiger partial charge in [-0.2, -0.15) is 5.26 Å². The number of fused-ring (bicyclic) bond motifs is 1. The van der Waals surface area contributed by atoms with Crippen LogP contribution in [0.2, 0.25) is 0 Å². The van der Waals surface area contributed by atoms with Crippen molar-refractivity contribution in [3.8, 4) is 17.6 Å². The van der Waals surface area contributed by atoms with Crippen LogP contribution < -0.4 is 9.47 Å². The minimum Gasteiger partial charge on any atom is -0.490 e. The number of aryl methyl sites for hydroxylation is 1. The van der Waals surface area contributed by atoms with Crippen LogP contribution in [0.1, 0.15) is 29.2 Å². The molecule has 0 atom stereocenters. The molecule has 0 aliphatic carbocycles. The lowest BCUT2D eigenvalue weighted by atomic mass is 10.0. The zero-order chi connectivity index (χ0) is 23.2. The highest BCUT2D eigenvalue weighted by Crippen LogP contribution is 2.38. The molecule has 0 heterocycles. The summed E-state index contributed by atoms with van der Waals surface area (Å²) in [5.41, 5.74) is 4.58. The van der Waals surface area contributed by atoms with E-state index in [9.17, 15) is 5.26 Å². The summed E-state index contributed by atoms with van der Waals surface area (Å²) >= 11 is 3.64. The van der Waals surface area contributed by atoms with Crippen molar-refractivity contribution in [2.45, 2.75) is 20.5 Å². The molecule has 0 aliphatic heterocycles. The van der Waals surface area contributed by atoms with Gasteiger partial charge in [0.15, 0.2) is 11.5 Å². The lowest BCUT2D eigenvalue weighted by molar-refractivity contribution is 0.267. The number of ether oxygens (including phenoxy) is 2. The summed E-state index contributed by atoms with van der Waals surface area (Å²) in [5.74, 6) is 1.29. The summed E-state index contributed by atoms with van der Waals surface area (Å²) in [5, 5.41) is 12.1. The third kappa shape index (κ3) is 5.45. The molecule has 0 bridgehead atoms. The smallest absolute Gasteiger partial charge is 0.175 e. The predicted molar refractivity (Wildman–Crippen MR) is 138 cm³/mol. The standard InChI is InChI=1S/C29H24BrNO2/c1-3-32-28-17-22(15-26(18-31)24-11-8-20(2)9-12-24)16-27(30)29(28)33-19-21-10-13-23-6-4-5-7-25(23)14-21/h4-17H,3,19H2,1-2H3/b26-15-. The van der Waals surface area contributed by atoms with Crippen molar-refractivity contribution in [2.24, 2.45) is 0 Å². The highest BCUT2D eigenvalue weighted by molar-refractivity contribution is 9.10. The lowest BCUT2D eigenvalue weighted by Gasteiger charge is -2.15. The fraction of sp³-hybridized carbons (Fsp3) is 0.138. The third-order valence-corrected chi connectivity index (χ3v) is 5.91. The summed E-state index contributed by atoms with van der Waals surface area (Å²) in [4.78, 5) is 0. The van der Waals surface area contributed by atoms with Gasteiger partial charge >= 0.3 is 0 Å². The molecule has 4 rings (SSSR count). The Balaban J connectivity index is 1.62. The van der Waals surface area contributed by atoms with Crippen LogP contribution in [-0.4, -0.2) is 6.61 Å². The summed E-state index contributed by atoms with van der Waals surface area (Å²) in [7, 11) is 0. The monoisotopic (exact) mass is 497 g/mol. The molecule has 4 heteroatoms. The molecular formula is C29H24BrNO2. The van der Waals surface area contributed by atoms with Crippen molar-refractivity contribution in [3.05, 3.63) is 106 Å². The maximum atomic E-state index is 9.71. The summed E-state index contributed by atoms with van der Waals surface area (Å²) in [6, 6.07) is 28.7. The Morgan fingerprint density at radius 2 is 1.70 bits per heavy atom. The van der Waals surface area contributed by atoms with Gasteiger partial charge in [0.2, 0.25) is 0 Å². The van der Waals surface area contributed by atoms with Crippen molar-refractivity contribution >= 4 is 38.4 Å². The van der Waals surface area contributed by atoms with Crippen LogP contribution in [-0.2, 0) is 6.61 Å². The van der Waals surface area contributed by atoms with Crippen molar-refractivity contribution in [1.82, 2.24) is 0 Å². The van der Waals surface area contributed by atoms with Gasteiger partial charge < -0.3 is 9.47 Å². The van der Waals surface area contributed by atoms with Gasteiger partial charge in [-0.25, -0.2) is 0 Å². The highest BCUT2D eigenvalue weighted by Gasteiger charge is 2.13. The maximum Gasteiger partial charge on any atom is 0.175 e. The SMILES string of the molecule is CCOc1cc(/C=C(/C#N)c2ccc(C)cc2)cc(Br)c1OCc1ccc2ccccc2c1. The van der Waals surface area contributed by atoms with Gasteiger partial charge in [0.05, 0.1) is 22.7 Å². The van der Waals surface area contributed by atoms with E-state index in [4.69, 9.17) is 9.47 Å². The van der Waals surface area contributed by atoms with Gasteiger partial charge in [-0.05, 0) is 81.5 Å². The van der Waals surface area contributed by atoms with E-state index in [1.54, 1.807) is 0 Å². The molecule has 4 aromatic carbocycles. The number of hydrogen-bond acceptors (Lipinski definition) is 3. The molecule has 0 N–H and O–H groups in total. The third-order valence-electron chi connectivity index (χ3n) is 5.32. The molecule has 164 valence electrons. The molecule has 0 radical (unpaired) electrons. The molecule has 0 aromatic heterocycles. The maximum absolute atomic E-state index is 9.71. The lowest BCUT2D eigenvalue weighted by Crippen LogP contribution is -2.01. The zero-order valence-corrected chi connectivity index (χ0v) is 20.2. The molecule has 0 aliphatic rings. The average Bonchev–Trinajstić information content (AvgIpc) is 2.83. The minimum atomic E-state index is 0.422. The molecule has 33 heavy (non-hydrogen) atoms. The van der Waals surface area contributed by atoms with Gasteiger partial charge in [0.25, 0.3) is 0 Å². The molecule has 0 unspecified atom stereocenters. The van der Waals surface area contributed by atoms with E-state index in [-0.39, 0.29) is 0 Å². The van der Waals surface area contributed by atoms with Crippen LogP contribution in [0, 0.1) is 18.3 Å². The van der Waals surface area contributed by atoms with E-state index < -0.39 is 0 Å². The van der Waals surface area contributed by atoms with Gasteiger partial charge in [-0.3, -0.25) is 0 Å². The number of rotatable bonds is 7. The first-order chi connectivity index (χ1) is 16.1. The number of halogens is 1. The van der Waals surface area contributed by atoms with E-state index >= 15 is 0 Å². The first-order valence-electron chi connectivity index (χ1n) is 10.8. The van der Waals surface area contributed by atoms with Crippen LogP contribution >= 0.6 is 15.9 Å². The number of benzene rings is 4. The van der Waals surface area contributed by atoms with Crippen LogP contribution in [0.5, 0.6) is 11.5 Å². The number of nitriles is 1. The van der Waals surface area contributed by atoms with Crippen molar-refractivity contribution in [3.63, 3.8) is 0 Å². The molecule has 0 saturated carbocycles. The van der Waals surface area contributed by atoms with Gasteiger partial charge in [-0.1, -0.05) is 66.2 Å². The fourth-order valence-electron chi connectivity index (χ4n) is 3.64. The van der Waals surface area contributed by atoms with E-state index in [0.29, 0.717) is 30.3 Å². The van der Waals surface area contributed by atoms with Crippen molar-refractivity contribution < 1.29 is 9.47 Å². The fourth-order valence-corrected chi connectivity index (χ4v) is 4.21. The second-order valence-electron chi connectivity index (χ2n) is 7.77. The number of nitrogens with zero attached hydrogens (tertiary/aromatic N) is 1. The van der Waals surface area contributed by atoms with Crippen molar-refractivity contribution in [2.75, 3.05) is 6.61 Å². The quantitative estimate of drug-likeness (QED) is 0.192. The van der Waals surface area contributed by atoms with E-state index in [1.165, 1.54) is 10.8 Å². The Kier molecular flexibility index (Phi) is 7.12. The topological polar surface area (TPSA) is 42.2 Å². The van der Waals surface area contributed by atoms with Crippen LogP contribution in [0.3, 0.4) is 0 Å². The van der Waals surface area contributed by atoms with Gasteiger partial charge in [0, 0.05) is 0 Å². The number of hydrogen-bond donors (Lipinski definition) is 0. The molecule has 4 aromatic rings. The van der Waals surface area contributed by atoms with Crippen molar-refractivity contribution in [1.29, 1.82) is 5.26 Å². The molecular weight excluding hydrogens is 474 g/mol. The number of allylic oxidation sites excluding steroid dienone is 1. The average molecular weight is 498 g/mol. The Bertz CT molecular complexity index is 1350. The Morgan fingerprint density at radius 1 is 0.939 bits per heavy atom. The molecule has 3 nitrogen and oxygen atoms in total. The van der Waals surface area contributed by atoms with Crippen LogP contribution in [0.25, 0.3) is 22.4 Å². The Morgan fingerprint density at radius 3 is 2.42 bits per heavy atom. The van der Waals surface area contributed by atoms with Gasteiger partial charge in [-0.15, -0.1) is 0 Å².